The van der Waals surface area contributed by atoms with Gasteiger partial charge in [-0.3, -0.25) is 9.52 Å². The van der Waals surface area contributed by atoms with Crippen LogP contribution in [0.2, 0.25) is 0 Å². The number of phenolic OH excluding ortho intramolecular Hbond substituents is 1. The molecule has 4 rings (SSSR count). The molecule has 0 spiro atoms. The number of Topliss-reactive ketones (excluding diaryl/α,β-unsaturated/α-hetero) is 1. The predicted octanol–water partition coefficient (Wildman–Crippen LogP) is 6.60. The molecule has 0 amide bonds. The molecule has 1 aliphatic heterocycles. The van der Waals surface area contributed by atoms with Crippen LogP contribution >= 0.6 is 11.8 Å². The minimum atomic E-state index is -4.90. The molecule has 0 radical (unpaired) electrons. The van der Waals surface area contributed by atoms with Crippen molar-refractivity contribution in [2.45, 2.75) is 23.2 Å². The number of benzene rings is 3. The number of phenols is 1. The lowest BCUT2D eigenvalue weighted by Gasteiger charge is -2.16. The maximum Gasteiger partial charge on any atom is 0.417 e. The zero-order chi connectivity index (χ0) is 28.0. The van der Waals surface area contributed by atoms with Crippen LogP contribution in [0.3, 0.4) is 0 Å². The second-order valence-corrected chi connectivity index (χ2v) is 11.2. The van der Waals surface area contributed by atoms with Gasteiger partial charge in [-0.25, -0.2) is 17.2 Å². The van der Waals surface area contributed by atoms with E-state index in [1.807, 2.05) is 0 Å². The van der Waals surface area contributed by atoms with Gasteiger partial charge in [-0.05, 0) is 41.8 Å². The average Bonchev–Trinajstić information content (AvgIpc) is 3.25. The molecule has 38 heavy (non-hydrogen) atoms. The molecule has 2 atom stereocenters. The average molecular weight is 574 g/mol. The lowest BCUT2D eigenvalue weighted by atomic mass is 9.97. The van der Waals surface area contributed by atoms with Crippen molar-refractivity contribution in [3.8, 4) is 5.75 Å². The SMILES string of the molecule is CC1C=C(c2cccc(NS(=O)(=O)c3ccccc3C(F)(F)F)c2)SC1C(=O)c1cc(F)c(F)c(O)c1F. The molecular weight excluding hydrogens is 556 g/mol. The van der Waals surface area contributed by atoms with Crippen LogP contribution in [0, 0.1) is 23.4 Å². The summed E-state index contributed by atoms with van der Waals surface area (Å²) < 4.78 is 109. The summed E-state index contributed by atoms with van der Waals surface area (Å²) in [6, 6.07) is 9.75. The summed E-state index contributed by atoms with van der Waals surface area (Å²) in [5, 5.41) is 8.46. The number of ketones is 1. The van der Waals surface area contributed by atoms with Crippen LogP contribution in [0.5, 0.6) is 5.75 Å². The number of aromatic hydroxyl groups is 1. The van der Waals surface area contributed by atoms with E-state index >= 15 is 0 Å². The minimum absolute atomic E-state index is 0.0556. The molecule has 0 bridgehead atoms. The van der Waals surface area contributed by atoms with Gasteiger partial charge in [0.05, 0.1) is 21.3 Å². The molecule has 3 aromatic carbocycles. The summed E-state index contributed by atoms with van der Waals surface area (Å²) in [6.45, 7) is 1.61. The number of halogens is 6. The Hall–Kier alpha value is -3.45. The lowest BCUT2D eigenvalue weighted by Crippen LogP contribution is -2.22. The minimum Gasteiger partial charge on any atom is -0.503 e. The maximum atomic E-state index is 14.3. The third-order valence-electron chi connectivity index (χ3n) is 5.68. The smallest absolute Gasteiger partial charge is 0.417 e. The molecule has 2 N–H and O–H groups in total. The van der Waals surface area contributed by atoms with Crippen LogP contribution in [-0.2, 0) is 16.2 Å². The van der Waals surface area contributed by atoms with Crippen molar-refractivity contribution in [2.75, 3.05) is 4.72 Å². The Balaban J connectivity index is 1.59. The van der Waals surface area contributed by atoms with E-state index < -0.39 is 72.4 Å². The van der Waals surface area contributed by atoms with Crippen molar-refractivity contribution in [3.05, 3.63) is 94.8 Å². The van der Waals surface area contributed by atoms with E-state index in [4.69, 9.17) is 0 Å². The zero-order valence-corrected chi connectivity index (χ0v) is 20.8. The van der Waals surface area contributed by atoms with Gasteiger partial charge < -0.3 is 5.11 Å². The number of anilines is 1. The molecule has 13 heteroatoms. The standard InChI is InChI=1S/C25H17F6NO4S2/c1-12-9-18(37-24(12)22(33)15-11-17(26)21(28)23(34)20(15)27)13-5-4-6-14(10-13)32-38(35,36)19-8-3-2-7-16(19)25(29,30)31/h2-12,24,32,34H,1H3. The number of carbonyl (C=O) groups is 1. The first-order valence-corrected chi connectivity index (χ1v) is 13.2. The highest BCUT2D eigenvalue weighted by Crippen LogP contribution is 2.45. The van der Waals surface area contributed by atoms with E-state index in [9.17, 15) is 44.7 Å². The van der Waals surface area contributed by atoms with Crippen LogP contribution < -0.4 is 4.72 Å². The maximum absolute atomic E-state index is 14.3. The van der Waals surface area contributed by atoms with Crippen LogP contribution in [0.4, 0.5) is 32.0 Å². The summed E-state index contributed by atoms with van der Waals surface area (Å²) in [6.07, 6.45) is -3.28. The molecule has 0 saturated carbocycles. The topological polar surface area (TPSA) is 83.5 Å². The largest absolute Gasteiger partial charge is 0.503 e. The molecule has 0 saturated heterocycles. The zero-order valence-electron chi connectivity index (χ0n) is 19.2. The molecule has 0 aliphatic carbocycles. The Bertz CT molecular complexity index is 1570. The van der Waals surface area contributed by atoms with Gasteiger partial charge in [0.1, 0.15) is 0 Å². The predicted molar refractivity (Wildman–Crippen MR) is 130 cm³/mol. The van der Waals surface area contributed by atoms with Crippen LogP contribution in [0.1, 0.15) is 28.4 Å². The molecule has 3 aromatic rings. The Morgan fingerprint density at radius 2 is 1.68 bits per heavy atom. The summed E-state index contributed by atoms with van der Waals surface area (Å²) in [4.78, 5) is 12.4. The van der Waals surface area contributed by atoms with Crippen LogP contribution in [0.15, 0.2) is 65.6 Å². The number of allylic oxidation sites excluding steroid dienone is 1. The van der Waals surface area contributed by atoms with Crippen molar-refractivity contribution >= 4 is 38.2 Å². The normalized spacial score (nSPS) is 17.8. The molecule has 2 unspecified atom stereocenters. The van der Waals surface area contributed by atoms with E-state index in [-0.39, 0.29) is 5.69 Å². The van der Waals surface area contributed by atoms with Gasteiger partial charge in [-0.1, -0.05) is 37.3 Å². The quantitative estimate of drug-likeness (QED) is 0.197. The summed E-state index contributed by atoms with van der Waals surface area (Å²) >= 11 is 0.949. The number of hydrogen-bond acceptors (Lipinski definition) is 5. The molecule has 0 fully saturated rings. The van der Waals surface area contributed by atoms with Gasteiger partial charge in [0.2, 0.25) is 5.82 Å². The van der Waals surface area contributed by atoms with Gasteiger partial charge in [0.25, 0.3) is 10.0 Å². The highest BCUT2D eigenvalue weighted by molar-refractivity contribution is 8.09. The van der Waals surface area contributed by atoms with E-state index in [0.717, 1.165) is 30.0 Å². The molecular formula is C25H17F6NO4S2. The Morgan fingerprint density at radius 1 is 1.00 bits per heavy atom. The summed E-state index contributed by atoms with van der Waals surface area (Å²) in [7, 11) is -4.64. The Morgan fingerprint density at radius 3 is 2.37 bits per heavy atom. The fourth-order valence-electron chi connectivity index (χ4n) is 3.87. The second-order valence-electron chi connectivity index (χ2n) is 8.36. The third-order valence-corrected chi connectivity index (χ3v) is 8.65. The number of sulfonamides is 1. The number of thioether (sulfide) groups is 1. The van der Waals surface area contributed by atoms with E-state index in [0.29, 0.717) is 22.6 Å². The lowest BCUT2D eigenvalue weighted by molar-refractivity contribution is -0.139. The van der Waals surface area contributed by atoms with Crippen molar-refractivity contribution in [1.29, 1.82) is 0 Å². The van der Waals surface area contributed by atoms with Gasteiger partial charge in [0.15, 0.2) is 23.2 Å². The van der Waals surface area contributed by atoms with E-state index in [1.54, 1.807) is 19.1 Å². The third kappa shape index (κ3) is 5.25. The highest BCUT2D eigenvalue weighted by Gasteiger charge is 2.38. The first-order chi connectivity index (χ1) is 17.7. The second kappa shape index (κ2) is 10.0. The van der Waals surface area contributed by atoms with Gasteiger partial charge >= 0.3 is 6.18 Å². The van der Waals surface area contributed by atoms with E-state index in [2.05, 4.69) is 4.72 Å². The monoisotopic (exact) mass is 573 g/mol. The first kappa shape index (κ1) is 27.6. The number of nitrogens with one attached hydrogen (secondary N) is 1. The number of carbonyl (C=O) groups excluding carboxylic acids is 1. The molecule has 1 heterocycles. The molecule has 5 nitrogen and oxygen atoms in total. The fraction of sp³-hybridized carbons (Fsp3) is 0.160. The van der Waals surface area contributed by atoms with Crippen molar-refractivity contribution in [2.24, 2.45) is 5.92 Å². The van der Waals surface area contributed by atoms with Gasteiger partial charge in [-0.15, -0.1) is 11.8 Å². The fourth-order valence-corrected chi connectivity index (χ4v) is 6.51. The number of hydrogen-bond donors (Lipinski definition) is 2. The molecule has 200 valence electrons. The number of rotatable bonds is 6. The van der Waals surface area contributed by atoms with Gasteiger partial charge in [0, 0.05) is 10.6 Å². The first-order valence-electron chi connectivity index (χ1n) is 10.8. The van der Waals surface area contributed by atoms with Crippen molar-refractivity contribution in [1.82, 2.24) is 0 Å². The summed E-state index contributed by atoms with van der Waals surface area (Å²) in [5.74, 6) is -8.04. The highest BCUT2D eigenvalue weighted by atomic mass is 32.2. The molecule has 0 aromatic heterocycles. The van der Waals surface area contributed by atoms with Crippen LogP contribution in [-0.4, -0.2) is 24.6 Å². The van der Waals surface area contributed by atoms with Crippen LogP contribution in [0.25, 0.3) is 4.91 Å². The number of alkyl halides is 3. The van der Waals surface area contributed by atoms with Crippen molar-refractivity contribution < 1.29 is 44.7 Å². The van der Waals surface area contributed by atoms with E-state index in [1.165, 1.54) is 18.2 Å². The summed E-state index contributed by atoms with van der Waals surface area (Å²) in [5.41, 5.74) is -1.82. The Labute approximate surface area is 217 Å². The van der Waals surface area contributed by atoms with Gasteiger partial charge in [-0.2, -0.15) is 17.6 Å². The Kier molecular flexibility index (Phi) is 7.28. The van der Waals surface area contributed by atoms with Crippen molar-refractivity contribution in [3.63, 3.8) is 0 Å². The molecule has 1 aliphatic rings.